The van der Waals surface area contributed by atoms with Crippen LogP contribution < -0.4 is 30.2 Å². The second kappa shape index (κ2) is 12.6. The molecule has 0 aliphatic heterocycles. The molecule has 35 heavy (non-hydrogen) atoms. The Balaban J connectivity index is 1.47. The molecule has 0 aromatic heterocycles. The van der Waals surface area contributed by atoms with Gasteiger partial charge in [0.05, 0.1) is 26.3 Å². The highest BCUT2D eigenvalue weighted by molar-refractivity contribution is 5.99. The summed E-state index contributed by atoms with van der Waals surface area (Å²) in [7, 11) is 3.14. The molecule has 9 heteroatoms. The van der Waals surface area contributed by atoms with Gasteiger partial charge in [-0.15, -0.1) is 0 Å². The molecule has 3 amide bonds. The van der Waals surface area contributed by atoms with Crippen LogP contribution in [0.2, 0.25) is 0 Å². The van der Waals surface area contributed by atoms with Crippen LogP contribution in [0, 0.1) is 0 Å². The molecular weight excluding hydrogens is 450 g/mol. The normalized spacial score (nSPS) is 10.1. The van der Waals surface area contributed by atoms with Gasteiger partial charge in [0.15, 0.2) is 6.61 Å². The lowest BCUT2D eigenvalue weighted by atomic mass is 10.2. The summed E-state index contributed by atoms with van der Waals surface area (Å²) in [6.07, 6.45) is 0. The number of rotatable bonds is 11. The van der Waals surface area contributed by atoms with Gasteiger partial charge in [-0.25, -0.2) is 0 Å². The summed E-state index contributed by atoms with van der Waals surface area (Å²) in [4.78, 5) is 37.0. The fourth-order valence-electron chi connectivity index (χ4n) is 3.06. The van der Waals surface area contributed by atoms with Gasteiger partial charge in [0.2, 0.25) is 5.91 Å². The van der Waals surface area contributed by atoms with Crippen LogP contribution in [0.4, 0.5) is 5.69 Å². The Hall–Kier alpha value is -4.53. The van der Waals surface area contributed by atoms with Crippen molar-refractivity contribution >= 4 is 23.4 Å². The van der Waals surface area contributed by atoms with E-state index in [0.29, 0.717) is 18.0 Å². The number of hydrogen-bond donors (Lipinski definition) is 3. The second-order valence-electron chi connectivity index (χ2n) is 7.37. The summed E-state index contributed by atoms with van der Waals surface area (Å²) >= 11 is 0. The minimum atomic E-state index is -0.490. The number of ether oxygens (including phenoxy) is 3. The van der Waals surface area contributed by atoms with Gasteiger partial charge < -0.3 is 30.2 Å². The standard InChI is InChI=1S/C26H27N3O6/c1-33-20-11-7-18(8-12-20)15-27-24(30)16-28-26(32)22-5-3-4-6-23(22)35-17-25(31)29-19-9-13-21(34-2)14-10-19/h3-14H,15-17H2,1-2H3,(H,27,30)(H,28,32)(H,29,31). The lowest BCUT2D eigenvalue weighted by Gasteiger charge is -2.12. The van der Waals surface area contributed by atoms with Crippen molar-refractivity contribution in [3.8, 4) is 17.2 Å². The van der Waals surface area contributed by atoms with Crippen molar-refractivity contribution in [3.63, 3.8) is 0 Å². The first-order chi connectivity index (χ1) is 17.0. The number of hydrogen-bond acceptors (Lipinski definition) is 6. The van der Waals surface area contributed by atoms with E-state index in [9.17, 15) is 14.4 Å². The molecular formula is C26H27N3O6. The van der Waals surface area contributed by atoms with E-state index in [1.54, 1.807) is 74.9 Å². The number of carbonyl (C=O) groups is 3. The van der Waals surface area contributed by atoms with Crippen LogP contribution in [0.3, 0.4) is 0 Å². The molecule has 0 fully saturated rings. The summed E-state index contributed by atoms with van der Waals surface area (Å²) in [5, 5.41) is 8.02. The number of anilines is 1. The molecule has 9 nitrogen and oxygen atoms in total. The van der Waals surface area contributed by atoms with Crippen LogP contribution >= 0.6 is 0 Å². The maximum atomic E-state index is 12.6. The molecule has 0 saturated carbocycles. The van der Waals surface area contributed by atoms with E-state index in [0.717, 1.165) is 11.3 Å². The predicted octanol–water partition coefficient (Wildman–Crippen LogP) is 2.77. The first-order valence-electron chi connectivity index (χ1n) is 10.8. The third kappa shape index (κ3) is 7.78. The molecule has 0 heterocycles. The molecule has 3 aromatic carbocycles. The molecule has 182 valence electrons. The molecule has 3 aromatic rings. The zero-order valence-electron chi connectivity index (χ0n) is 19.5. The van der Waals surface area contributed by atoms with Crippen molar-refractivity contribution in [2.75, 3.05) is 32.7 Å². The third-order valence-corrected chi connectivity index (χ3v) is 4.92. The number of nitrogens with one attached hydrogen (secondary N) is 3. The number of carbonyl (C=O) groups excluding carboxylic acids is 3. The number of benzene rings is 3. The second-order valence-corrected chi connectivity index (χ2v) is 7.37. The van der Waals surface area contributed by atoms with Gasteiger partial charge in [-0.1, -0.05) is 24.3 Å². The van der Waals surface area contributed by atoms with Crippen LogP contribution in [-0.4, -0.2) is 45.1 Å². The van der Waals surface area contributed by atoms with Gasteiger partial charge in [-0.2, -0.15) is 0 Å². The van der Waals surface area contributed by atoms with Crippen LogP contribution in [0.25, 0.3) is 0 Å². The Morgan fingerprint density at radius 3 is 2.03 bits per heavy atom. The minimum Gasteiger partial charge on any atom is -0.497 e. The van der Waals surface area contributed by atoms with Gasteiger partial charge in [-0.05, 0) is 54.1 Å². The molecule has 0 unspecified atom stereocenters. The van der Waals surface area contributed by atoms with E-state index in [4.69, 9.17) is 14.2 Å². The molecule has 0 bridgehead atoms. The van der Waals surface area contributed by atoms with E-state index in [-0.39, 0.29) is 36.3 Å². The SMILES string of the molecule is COc1ccc(CNC(=O)CNC(=O)c2ccccc2OCC(=O)Nc2ccc(OC)cc2)cc1. The molecule has 0 spiro atoms. The summed E-state index contributed by atoms with van der Waals surface area (Å²) in [6, 6.07) is 20.7. The number of amides is 3. The van der Waals surface area contributed by atoms with Crippen molar-refractivity contribution in [3.05, 3.63) is 83.9 Å². The highest BCUT2D eigenvalue weighted by atomic mass is 16.5. The molecule has 0 atom stereocenters. The Morgan fingerprint density at radius 1 is 0.743 bits per heavy atom. The van der Waals surface area contributed by atoms with Crippen LogP contribution in [0.1, 0.15) is 15.9 Å². The molecule has 0 aliphatic carbocycles. The Bertz CT molecular complexity index is 1150. The lowest BCUT2D eigenvalue weighted by Crippen LogP contribution is -2.36. The first kappa shape index (κ1) is 25.1. The van der Waals surface area contributed by atoms with Crippen molar-refractivity contribution in [1.29, 1.82) is 0 Å². The fraction of sp³-hybridized carbons (Fsp3) is 0.192. The Labute approximate surface area is 203 Å². The van der Waals surface area contributed by atoms with E-state index >= 15 is 0 Å². The summed E-state index contributed by atoms with van der Waals surface area (Å²) in [6.45, 7) is -0.179. The van der Waals surface area contributed by atoms with Crippen molar-refractivity contribution in [2.24, 2.45) is 0 Å². The Morgan fingerprint density at radius 2 is 1.37 bits per heavy atom. The molecule has 3 rings (SSSR count). The molecule has 3 N–H and O–H groups in total. The lowest BCUT2D eigenvalue weighted by molar-refractivity contribution is -0.120. The van der Waals surface area contributed by atoms with Crippen LogP contribution in [-0.2, 0) is 16.1 Å². The van der Waals surface area contributed by atoms with Gasteiger partial charge in [0.1, 0.15) is 17.2 Å². The number of para-hydroxylation sites is 1. The van der Waals surface area contributed by atoms with Gasteiger partial charge >= 0.3 is 0 Å². The van der Waals surface area contributed by atoms with E-state index in [1.165, 1.54) is 0 Å². The summed E-state index contributed by atoms with van der Waals surface area (Å²) < 4.78 is 15.8. The Kier molecular flexibility index (Phi) is 9.07. The van der Waals surface area contributed by atoms with Gasteiger partial charge in [0.25, 0.3) is 11.8 Å². The van der Waals surface area contributed by atoms with Gasteiger partial charge in [-0.3, -0.25) is 14.4 Å². The summed E-state index contributed by atoms with van der Waals surface area (Å²) in [5.41, 5.74) is 1.70. The fourth-order valence-corrected chi connectivity index (χ4v) is 3.06. The van der Waals surface area contributed by atoms with E-state index in [2.05, 4.69) is 16.0 Å². The largest absolute Gasteiger partial charge is 0.497 e. The highest BCUT2D eigenvalue weighted by Crippen LogP contribution is 2.19. The zero-order valence-corrected chi connectivity index (χ0v) is 19.5. The quantitative estimate of drug-likeness (QED) is 0.391. The van der Waals surface area contributed by atoms with Crippen molar-refractivity contribution in [2.45, 2.75) is 6.54 Å². The predicted molar refractivity (Wildman–Crippen MR) is 131 cm³/mol. The van der Waals surface area contributed by atoms with Gasteiger partial charge in [0, 0.05) is 12.2 Å². The van der Waals surface area contributed by atoms with Crippen molar-refractivity contribution < 1.29 is 28.6 Å². The van der Waals surface area contributed by atoms with E-state index in [1.807, 2.05) is 12.1 Å². The molecule has 0 aliphatic rings. The van der Waals surface area contributed by atoms with Crippen LogP contribution in [0.5, 0.6) is 17.2 Å². The third-order valence-electron chi connectivity index (χ3n) is 4.92. The highest BCUT2D eigenvalue weighted by Gasteiger charge is 2.14. The van der Waals surface area contributed by atoms with Crippen LogP contribution in [0.15, 0.2) is 72.8 Å². The van der Waals surface area contributed by atoms with E-state index < -0.39 is 5.91 Å². The first-order valence-corrected chi connectivity index (χ1v) is 10.8. The zero-order chi connectivity index (χ0) is 25.0. The van der Waals surface area contributed by atoms with Crippen molar-refractivity contribution in [1.82, 2.24) is 10.6 Å². The topological polar surface area (TPSA) is 115 Å². The molecule has 0 radical (unpaired) electrons. The maximum absolute atomic E-state index is 12.6. The maximum Gasteiger partial charge on any atom is 0.262 e. The molecule has 0 saturated heterocycles. The average Bonchev–Trinajstić information content (AvgIpc) is 2.90. The minimum absolute atomic E-state index is 0.207. The summed E-state index contributed by atoms with van der Waals surface area (Å²) in [5.74, 6) is 0.416. The monoisotopic (exact) mass is 477 g/mol. The smallest absolute Gasteiger partial charge is 0.262 e. The number of methoxy groups -OCH3 is 2. The average molecular weight is 478 g/mol.